The van der Waals surface area contributed by atoms with E-state index in [2.05, 4.69) is 10.6 Å². The summed E-state index contributed by atoms with van der Waals surface area (Å²) in [5.41, 5.74) is -2.25. The Morgan fingerprint density at radius 1 is 1.31 bits per heavy atom. The molecule has 1 aliphatic carbocycles. The Bertz CT molecular complexity index is 1110. The molecule has 2 amide bonds. The van der Waals surface area contributed by atoms with E-state index in [0.29, 0.717) is 25.3 Å². The summed E-state index contributed by atoms with van der Waals surface area (Å²) in [6.07, 6.45) is -3.40. The Morgan fingerprint density at radius 2 is 2.03 bits per heavy atom. The van der Waals surface area contributed by atoms with Gasteiger partial charge in [-0.1, -0.05) is 0 Å². The summed E-state index contributed by atoms with van der Waals surface area (Å²) in [7, 11) is -4.44. The number of rotatable bonds is 5. The molecule has 2 aliphatic heterocycles. The number of benzene rings is 1. The smallest absolute Gasteiger partial charge is 0.336 e. The SMILES string of the molecule is N#CC1(NC(=O)[C@@H]2C[C@@H](S(=O)(=O)c3ccc(N4CCCC4=O)cc3C(F)(F)F)CN2)CC1. The average molecular weight is 470 g/mol. The van der Waals surface area contributed by atoms with Gasteiger partial charge < -0.3 is 15.5 Å². The van der Waals surface area contributed by atoms with Gasteiger partial charge in [-0.2, -0.15) is 18.4 Å². The number of alkyl halides is 3. The maximum atomic E-state index is 13.8. The number of carbonyl (C=O) groups is 2. The van der Waals surface area contributed by atoms with Crippen molar-refractivity contribution in [3.05, 3.63) is 23.8 Å². The van der Waals surface area contributed by atoms with Gasteiger partial charge in [-0.05, 0) is 43.9 Å². The summed E-state index contributed by atoms with van der Waals surface area (Å²) < 4.78 is 67.6. The summed E-state index contributed by atoms with van der Waals surface area (Å²) in [5.74, 6) is -0.853. The van der Waals surface area contributed by atoms with E-state index in [1.807, 2.05) is 6.07 Å². The summed E-state index contributed by atoms with van der Waals surface area (Å²) in [5, 5.41) is 13.2. The topological polar surface area (TPSA) is 119 Å². The molecule has 2 N–H and O–H groups in total. The zero-order valence-corrected chi connectivity index (χ0v) is 17.7. The van der Waals surface area contributed by atoms with Crippen molar-refractivity contribution in [1.82, 2.24) is 10.6 Å². The van der Waals surface area contributed by atoms with Crippen LogP contribution in [0.1, 0.15) is 37.7 Å². The van der Waals surface area contributed by atoms with Crippen molar-refractivity contribution in [3.8, 4) is 6.07 Å². The fourth-order valence-electron chi connectivity index (χ4n) is 4.11. The minimum Gasteiger partial charge on any atom is -0.336 e. The molecule has 4 rings (SSSR count). The van der Waals surface area contributed by atoms with E-state index >= 15 is 0 Å². The van der Waals surface area contributed by atoms with Crippen LogP contribution in [0.5, 0.6) is 0 Å². The Hall–Kier alpha value is -2.65. The first-order valence-corrected chi connectivity index (χ1v) is 11.7. The first kappa shape index (κ1) is 22.5. The fraction of sp³-hybridized carbons (Fsp3) is 0.550. The van der Waals surface area contributed by atoms with Gasteiger partial charge in [0, 0.05) is 25.2 Å². The van der Waals surface area contributed by atoms with E-state index < -0.39 is 49.2 Å². The lowest BCUT2D eigenvalue weighted by atomic mass is 10.1. The van der Waals surface area contributed by atoms with Gasteiger partial charge in [0.25, 0.3) is 0 Å². The molecular formula is C20H21F3N4O4S. The molecule has 3 fully saturated rings. The van der Waals surface area contributed by atoms with Gasteiger partial charge >= 0.3 is 6.18 Å². The van der Waals surface area contributed by atoms with E-state index in [1.54, 1.807) is 0 Å². The van der Waals surface area contributed by atoms with E-state index in [4.69, 9.17) is 5.26 Å². The molecule has 1 aromatic rings. The van der Waals surface area contributed by atoms with E-state index in [9.17, 15) is 31.2 Å². The number of amides is 2. The second-order valence-corrected chi connectivity index (χ2v) is 10.6. The van der Waals surface area contributed by atoms with E-state index in [-0.39, 0.29) is 37.5 Å². The molecule has 2 atom stereocenters. The lowest BCUT2D eigenvalue weighted by Gasteiger charge is -2.21. The van der Waals surface area contributed by atoms with Crippen molar-refractivity contribution in [3.63, 3.8) is 0 Å². The van der Waals surface area contributed by atoms with Crippen LogP contribution < -0.4 is 15.5 Å². The number of halogens is 3. The molecule has 172 valence electrons. The first-order chi connectivity index (χ1) is 15.0. The number of nitriles is 1. The summed E-state index contributed by atoms with van der Waals surface area (Å²) in [4.78, 5) is 24.6. The van der Waals surface area contributed by atoms with Gasteiger partial charge in [0.2, 0.25) is 11.8 Å². The molecule has 2 heterocycles. The predicted octanol–water partition coefficient (Wildman–Crippen LogP) is 1.51. The van der Waals surface area contributed by atoms with Gasteiger partial charge in [0.1, 0.15) is 5.54 Å². The largest absolute Gasteiger partial charge is 0.417 e. The van der Waals surface area contributed by atoms with Gasteiger partial charge in [0.15, 0.2) is 9.84 Å². The maximum absolute atomic E-state index is 13.8. The Balaban J connectivity index is 1.59. The highest BCUT2D eigenvalue weighted by atomic mass is 32.2. The summed E-state index contributed by atoms with van der Waals surface area (Å²) in [6.45, 7) is 0.0827. The minimum absolute atomic E-state index is 0.00631. The molecule has 3 aliphatic rings. The van der Waals surface area contributed by atoms with Gasteiger partial charge in [-0.15, -0.1) is 0 Å². The molecule has 2 saturated heterocycles. The van der Waals surface area contributed by atoms with Crippen LogP contribution in [0.3, 0.4) is 0 Å². The third-order valence-electron chi connectivity index (χ3n) is 6.13. The van der Waals surface area contributed by atoms with Crippen molar-refractivity contribution >= 4 is 27.3 Å². The molecule has 1 aromatic carbocycles. The molecule has 12 heteroatoms. The van der Waals surface area contributed by atoms with Crippen molar-refractivity contribution < 1.29 is 31.2 Å². The quantitative estimate of drug-likeness (QED) is 0.673. The van der Waals surface area contributed by atoms with Gasteiger partial charge in [0.05, 0.1) is 27.8 Å². The number of nitrogens with zero attached hydrogens (tertiary/aromatic N) is 2. The second kappa shape index (κ2) is 7.74. The molecule has 1 saturated carbocycles. The number of hydrogen-bond acceptors (Lipinski definition) is 6. The van der Waals surface area contributed by atoms with Crippen LogP contribution in [0.25, 0.3) is 0 Å². The molecule has 32 heavy (non-hydrogen) atoms. The highest BCUT2D eigenvalue weighted by Crippen LogP contribution is 2.40. The summed E-state index contributed by atoms with van der Waals surface area (Å²) in [6, 6.07) is 3.88. The third kappa shape index (κ3) is 4.06. The number of hydrogen-bond donors (Lipinski definition) is 2. The highest BCUT2D eigenvalue weighted by Gasteiger charge is 2.48. The predicted molar refractivity (Wildman–Crippen MR) is 106 cm³/mol. The van der Waals surface area contributed by atoms with E-state index in [1.165, 1.54) is 11.0 Å². The van der Waals surface area contributed by atoms with Crippen LogP contribution >= 0.6 is 0 Å². The fourth-order valence-corrected chi connectivity index (χ4v) is 5.97. The Kier molecular flexibility index (Phi) is 5.45. The number of sulfone groups is 1. The van der Waals surface area contributed by atoms with Crippen molar-refractivity contribution in [2.45, 2.75) is 60.0 Å². The van der Waals surface area contributed by atoms with Crippen LogP contribution in [0.4, 0.5) is 18.9 Å². The third-order valence-corrected chi connectivity index (χ3v) is 8.34. The standard InChI is InChI=1S/C20H21F3N4O4S/c21-20(22,23)14-8-12(27-7-1-2-17(27)28)3-4-16(14)32(30,31)13-9-15(25-10-13)18(29)26-19(11-24)5-6-19/h3-4,8,13,15,25H,1-2,5-7,9-10H2,(H,26,29)/t13-,15+/m1/s1. The zero-order chi connectivity index (χ0) is 23.3. The lowest BCUT2D eigenvalue weighted by Crippen LogP contribution is -2.45. The van der Waals surface area contributed by atoms with Crippen LogP contribution in [0.15, 0.2) is 23.1 Å². The highest BCUT2D eigenvalue weighted by molar-refractivity contribution is 7.92. The van der Waals surface area contributed by atoms with Crippen LogP contribution in [-0.4, -0.2) is 50.2 Å². The normalized spacial score (nSPS) is 24.9. The molecule has 0 bridgehead atoms. The maximum Gasteiger partial charge on any atom is 0.417 e. The molecular weight excluding hydrogens is 449 g/mol. The van der Waals surface area contributed by atoms with E-state index in [0.717, 1.165) is 6.07 Å². The molecule has 0 unspecified atom stereocenters. The van der Waals surface area contributed by atoms with Crippen molar-refractivity contribution in [1.29, 1.82) is 5.26 Å². The van der Waals surface area contributed by atoms with Crippen molar-refractivity contribution in [2.24, 2.45) is 0 Å². The first-order valence-electron chi connectivity index (χ1n) is 10.2. The summed E-state index contributed by atoms with van der Waals surface area (Å²) >= 11 is 0. The Morgan fingerprint density at radius 3 is 2.59 bits per heavy atom. The van der Waals surface area contributed by atoms with Crippen LogP contribution in [0, 0.1) is 11.3 Å². The monoisotopic (exact) mass is 470 g/mol. The minimum atomic E-state index is -4.95. The van der Waals surface area contributed by atoms with Crippen LogP contribution in [0.2, 0.25) is 0 Å². The zero-order valence-electron chi connectivity index (χ0n) is 16.9. The van der Waals surface area contributed by atoms with Crippen molar-refractivity contribution in [2.75, 3.05) is 18.0 Å². The molecule has 0 radical (unpaired) electrons. The second-order valence-electron chi connectivity index (χ2n) is 8.37. The number of anilines is 1. The number of nitrogens with one attached hydrogen (secondary N) is 2. The lowest BCUT2D eigenvalue weighted by molar-refractivity contribution is -0.140. The average Bonchev–Trinajstić information content (AvgIpc) is 3.13. The molecule has 0 spiro atoms. The van der Waals surface area contributed by atoms with Gasteiger partial charge in [-0.25, -0.2) is 8.42 Å². The van der Waals surface area contributed by atoms with Gasteiger partial charge in [-0.3, -0.25) is 9.59 Å². The Labute approximate surface area is 182 Å². The molecule has 8 nitrogen and oxygen atoms in total. The van der Waals surface area contributed by atoms with Crippen LogP contribution in [-0.2, 0) is 25.6 Å². The molecule has 0 aromatic heterocycles. The number of carbonyl (C=O) groups excluding carboxylic acids is 2.